The van der Waals surface area contributed by atoms with Crippen LogP contribution in [0, 0.1) is 5.92 Å². The third-order valence-corrected chi connectivity index (χ3v) is 6.44. The summed E-state index contributed by atoms with van der Waals surface area (Å²) in [6, 6.07) is 9.68. The van der Waals surface area contributed by atoms with Crippen LogP contribution in [0.15, 0.2) is 41.1 Å². The first-order valence-corrected chi connectivity index (χ1v) is 11.6. The van der Waals surface area contributed by atoms with Crippen LogP contribution in [-0.4, -0.2) is 50.4 Å². The summed E-state index contributed by atoms with van der Waals surface area (Å²) in [7, 11) is 0. The number of nitrogens with zero attached hydrogens (tertiary/aromatic N) is 5. The SMILES string of the molecule is CCCn1nc2c(N)nc3ccccc3c2c1NCCC1CCN(C(=O)c2ccno2)CC1. The summed E-state index contributed by atoms with van der Waals surface area (Å²) in [6.45, 7) is 5.28. The van der Waals surface area contributed by atoms with Crippen LogP contribution >= 0.6 is 0 Å². The molecule has 0 saturated carbocycles. The van der Waals surface area contributed by atoms with Gasteiger partial charge in [0.1, 0.15) is 11.3 Å². The molecule has 0 atom stereocenters. The van der Waals surface area contributed by atoms with E-state index in [9.17, 15) is 4.79 Å². The number of hydrogen-bond donors (Lipinski definition) is 2. The van der Waals surface area contributed by atoms with Crippen LogP contribution in [0.2, 0.25) is 0 Å². The van der Waals surface area contributed by atoms with E-state index in [1.165, 1.54) is 6.20 Å². The zero-order valence-corrected chi connectivity index (χ0v) is 18.8. The molecule has 0 aliphatic carbocycles. The smallest absolute Gasteiger partial charge is 0.292 e. The number of anilines is 2. The van der Waals surface area contributed by atoms with E-state index in [0.717, 1.165) is 79.5 Å². The number of nitrogens with two attached hydrogens (primary N) is 1. The summed E-state index contributed by atoms with van der Waals surface area (Å²) < 4.78 is 7.04. The number of para-hydroxylation sites is 1. The Morgan fingerprint density at radius 2 is 2.06 bits per heavy atom. The van der Waals surface area contributed by atoms with E-state index < -0.39 is 0 Å². The van der Waals surface area contributed by atoms with Crippen molar-refractivity contribution in [2.45, 2.75) is 39.2 Å². The molecule has 1 aliphatic rings. The van der Waals surface area contributed by atoms with E-state index in [4.69, 9.17) is 15.4 Å². The molecule has 1 aromatic carbocycles. The molecule has 0 spiro atoms. The number of carbonyl (C=O) groups is 1. The minimum Gasteiger partial charge on any atom is -0.382 e. The van der Waals surface area contributed by atoms with Crippen LogP contribution < -0.4 is 11.1 Å². The zero-order valence-electron chi connectivity index (χ0n) is 18.8. The van der Waals surface area contributed by atoms with E-state index >= 15 is 0 Å². The van der Waals surface area contributed by atoms with Gasteiger partial charge in [-0.3, -0.25) is 4.79 Å². The first kappa shape index (κ1) is 21.2. The highest BCUT2D eigenvalue weighted by atomic mass is 16.5. The second-order valence-electron chi connectivity index (χ2n) is 8.64. The van der Waals surface area contributed by atoms with Gasteiger partial charge in [-0.2, -0.15) is 5.10 Å². The van der Waals surface area contributed by atoms with Crippen molar-refractivity contribution in [3.05, 3.63) is 42.3 Å². The number of amides is 1. The van der Waals surface area contributed by atoms with Gasteiger partial charge in [-0.05, 0) is 37.7 Å². The fourth-order valence-electron chi connectivity index (χ4n) is 4.72. The normalized spacial score (nSPS) is 14.9. The highest BCUT2D eigenvalue weighted by Crippen LogP contribution is 2.34. The van der Waals surface area contributed by atoms with E-state index in [1.54, 1.807) is 6.07 Å². The third kappa shape index (κ3) is 4.10. The van der Waals surface area contributed by atoms with Crippen LogP contribution in [0.1, 0.15) is 43.2 Å². The molecule has 33 heavy (non-hydrogen) atoms. The van der Waals surface area contributed by atoms with Crippen LogP contribution in [0.4, 0.5) is 11.6 Å². The minimum absolute atomic E-state index is 0.0721. The van der Waals surface area contributed by atoms with Crippen molar-refractivity contribution in [3.63, 3.8) is 0 Å². The molecule has 3 aromatic heterocycles. The molecule has 5 rings (SSSR count). The Bertz CT molecular complexity index is 1260. The molecule has 1 amide bonds. The molecule has 4 aromatic rings. The summed E-state index contributed by atoms with van der Waals surface area (Å²) in [5.74, 6) is 2.28. The van der Waals surface area contributed by atoms with Crippen molar-refractivity contribution in [2.24, 2.45) is 5.92 Å². The van der Waals surface area contributed by atoms with Gasteiger partial charge in [0.25, 0.3) is 5.91 Å². The highest BCUT2D eigenvalue weighted by Gasteiger charge is 2.25. The number of benzene rings is 1. The fraction of sp³-hybridized carbons (Fsp3) is 0.417. The van der Waals surface area contributed by atoms with Gasteiger partial charge in [0.2, 0.25) is 5.76 Å². The second kappa shape index (κ2) is 9.09. The van der Waals surface area contributed by atoms with Crippen molar-refractivity contribution in [3.8, 4) is 0 Å². The number of fused-ring (bicyclic) bond motifs is 3. The van der Waals surface area contributed by atoms with Gasteiger partial charge in [0.15, 0.2) is 5.82 Å². The van der Waals surface area contributed by atoms with Gasteiger partial charge < -0.3 is 20.5 Å². The summed E-state index contributed by atoms with van der Waals surface area (Å²) in [4.78, 5) is 18.9. The van der Waals surface area contributed by atoms with Crippen molar-refractivity contribution < 1.29 is 9.32 Å². The lowest BCUT2D eigenvalue weighted by Crippen LogP contribution is -2.38. The summed E-state index contributed by atoms with van der Waals surface area (Å²) in [5, 5.41) is 14.2. The Morgan fingerprint density at radius 3 is 2.82 bits per heavy atom. The lowest BCUT2D eigenvalue weighted by molar-refractivity contribution is 0.0646. The number of likely N-dealkylation sites (tertiary alicyclic amines) is 1. The van der Waals surface area contributed by atoms with Gasteiger partial charge in [-0.15, -0.1) is 0 Å². The molecule has 1 saturated heterocycles. The minimum atomic E-state index is -0.0721. The Labute approximate surface area is 191 Å². The van der Waals surface area contributed by atoms with Crippen molar-refractivity contribution >= 4 is 39.3 Å². The van der Waals surface area contributed by atoms with Crippen molar-refractivity contribution in [2.75, 3.05) is 30.7 Å². The lowest BCUT2D eigenvalue weighted by atomic mass is 9.93. The summed E-state index contributed by atoms with van der Waals surface area (Å²) >= 11 is 0. The van der Waals surface area contributed by atoms with Gasteiger partial charge in [0, 0.05) is 37.6 Å². The number of rotatable bonds is 7. The average molecular weight is 448 g/mol. The standard InChI is InChI=1S/C24H29N7O2/c1-2-13-31-23(20-17-5-3-4-6-18(17)28-22(25)21(20)29-31)26-11-7-16-9-14-30(15-10-16)24(32)19-8-12-27-33-19/h3-6,8,12,16,26H,2,7,9-11,13-15H2,1H3,(H2,25,28). The molecule has 1 fully saturated rings. The number of carbonyl (C=O) groups excluding carboxylic acids is 1. The fourth-order valence-corrected chi connectivity index (χ4v) is 4.72. The number of nitrogen functional groups attached to an aromatic ring is 1. The number of aromatic nitrogens is 4. The Kier molecular flexibility index (Phi) is 5.85. The van der Waals surface area contributed by atoms with Crippen molar-refractivity contribution in [1.29, 1.82) is 0 Å². The predicted octanol–water partition coefficient (Wildman–Crippen LogP) is 3.92. The predicted molar refractivity (Wildman–Crippen MR) is 128 cm³/mol. The molecular formula is C24H29N7O2. The van der Waals surface area contributed by atoms with Crippen LogP contribution in [0.25, 0.3) is 21.8 Å². The average Bonchev–Trinajstić information content (AvgIpc) is 3.49. The van der Waals surface area contributed by atoms with E-state index in [2.05, 4.69) is 28.4 Å². The maximum atomic E-state index is 12.4. The molecule has 0 bridgehead atoms. The van der Waals surface area contributed by atoms with Gasteiger partial charge >= 0.3 is 0 Å². The highest BCUT2D eigenvalue weighted by molar-refractivity contribution is 6.13. The van der Waals surface area contributed by atoms with Crippen LogP contribution in [-0.2, 0) is 6.54 Å². The van der Waals surface area contributed by atoms with E-state index in [-0.39, 0.29) is 5.91 Å². The lowest BCUT2D eigenvalue weighted by Gasteiger charge is -2.31. The number of hydrogen-bond acceptors (Lipinski definition) is 7. The second-order valence-corrected chi connectivity index (χ2v) is 8.64. The first-order valence-electron chi connectivity index (χ1n) is 11.6. The maximum absolute atomic E-state index is 12.4. The monoisotopic (exact) mass is 447 g/mol. The molecule has 0 unspecified atom stereocenters. The van der Waals surface area contributed by atoms with Crippen molar-refractivity contribution in [1.82, 2.24) is 24.8 Å². The molecule has 9 heteroatoms. The van der Waals surface area contributed by atoms with E-state index in [1.807, 2.05) is 27.8 Å². The Hall–Kier alpha value is -3.62. The third-order valence-electron chi connectivity index (χ3n) is 6.44. The molecule has 4 heterocycles. The van der Waals surface area contributed by atoms with Gasteiger partial charge in [-0.25, -0.2) is 9.67 Å². The molecule has 3 N–H and O–H groups in total. The van der Waals surface area contributed by atoms with Crippen LogP contribution in [0.5, 0.6) is 0 Å². The maximum Gasteiger partial charge on any atom is 0.292 e. The molecule has 0 radical (unpaired) electrons. The molecule has 172 valence electrons. The topological polar surface area (TPSA) is 115 Å². The van der Waals surface area contributed by atoms with Gasteiger partial charge in [0.05, 0.1) is 17.1 Å². The van der Waals surface area contributed by atoms with Gasteiger partial charge in [-0.1, -0.05) is 30.3 Å². The number of aryl methyl sites for hydroxylation is 1. The summed E-state index contributed by atoms with van der Waals surface area (Å²) in [6.07, 6.45) is 5.48. The first-order chi connectivity index (χ1) is 16.2. The molecule has 9 nitrogen and oxygen atoms in total. The zero-order chi connectivity index (χ0) is 22.8. The number of nitrogens with one attached hydrogen (secondary N) is 1. The number of piperidine rings is 1. The Balaban J connectivity index is 1.28. The van der Waals surface area contributed by atoms with E-state index in [0.29, 0.717) is 17.5 Å². The van der Waals surface area contributed by atoms with Crippen LogP contribution in [0.3, 0.4) is 0 Å². The summed E-state index contributed by atoms with van der Waals surface area (Å²) in [5.41, 5.74) is 7.89. The molecule has 1 aliphatic heterocycles. The molecular weight excluding hydrogens is 418 g/mol. The largest absolute Gasteiger partial charge is 0.382 e. The number of pyridine rings is 1. The quantitative estimate of drug-likeness (QED) is 0.441. The Morgan fingerprint density at radius 1 is 1.24 bits per heavy atom.